The van der Waals surface area contributed by atoms with Gasteiger partial charge >= 0.3 is 5.97 Å². The van der Waals surface area contributed by atoms with Gasteiger partial charge in [-0.25, -0.2) is 9.78 Å². The maximum absolute atomic E-state index is 10.6. The van der Waals surface area contributed by atoms with Gasteiger partial charge < -0.3 is 10.2 Å². The van der Waals surface area contributed by atoms with E-state index in [9.17, 15) is 4.79 Å². The number of thiazole rings is 1. The van der Waals surface area contributed by atoms with E-state index in [0.29, 0.717) is 11.3 Å². The molecule has 4 nitrogen and oxygen atoms in total. The van der Waals surface area contributed by atoms with Gasteiger partial charge in [-0.1, -0.05) is 6.08 Å². The standard InChI is InChI=1S/C8H9NO3S/c10-4-2-1-3-6-7(8(11)12)9-5-13-6/h1,3,5,10H,2,4H2,(H,11,12). The predicted octanol–water partition coefficient (Wildman–Crippen LogP) is 1.24. The first kappa shape index (κ1) is 9.88. The molecule has 0 aliphatic heterocycles. The number of carboxylic acids is 1. The first-order chi connectivity index (χ1) is 6.25. The molecule has 0 aliphatic carbocycles. The zero-order valence-electron chi connectivity index (χ0n) is 6.80. The molecule has 1 aromatic heterocycles. The number of aromatic carboxylic acids is 1. The van der Waals surface area contributed by atoms with Gasteiger partial charge in [0, 0.05) is 6.61 Å². The second-order valence-electron chi connectivity index (χ2n) is 2.29. The molecule has 0 aliphatic rings. The Morgan fingerprint density at radius 3 is 3.08 bits per heavy atom. The van der Waals surface area contributed by atoms with Crippen molar-refractivity contribution in [3.05, 3.63) is 22.2 Å². The summed E-state index contributed by atoms with van der Waals surface area (Å²) in [5, 5.41) is 17.2. The number of aromatic nitrogens is 1. The van der Waals surface area contributed by atoms with Crippen LogP contribution in [0.1, 0.15) is 21.8 Å². The number of carboxylic acid groups (broad SMARTS) is 1. The van der Waals surface area contributed by atoms with Crippen molar-refractivity contribution in [3.8, 4) is 0 Å². The molecule has 0 amide bonds. The molecule has 2 N–H and O–H groups in total. The van der Waals surface area contributed by atoms with E-state index in [1.54, 1.807) is 12.2 Å². The van der Waals surface area contributed by atoms with Gasteiger partial charge in [0.2, 0.25) is 0 Å². The van der Waals surface area contributed by atoms with Crippen molar-refractivity contribution < 1.29 is 15.0 Å². The highest BCUT2D eigenvalue weighted by molar-refractivity contribution is 7.10. The summed E-state index contributed by atoms with van der Waals surface area (Å²) in [5.41, 5.74) is 1.56. The van der Waals surface area contributed by atoms with Crippen LogP contribution in [0.4, 0.5) is 0 Å². The highest BCUT2D eigenvalue weighted by atomic mass is 32.1. The normalized spacial score (nSPS) is 10.8. The van der Waals surface area contributed by atoms with Crippen LogP contribution in [0.3, 0.4) is 0 Å². The lowest BCUT2D eigenvalue weighted by Gasteiger charge is -1.89. The van der Waals surface area contributed by atoms with Gasteiger partial charge in [0.1, 0.15) is 0 Å². The van der Waals surface area contributed by atoms with Crippen LogP contribution in [0.25, 0.3) is 6.08 Å². The molecule has 70 valence electrons. The molecule has 0 atom stereocenters. The molecule has 0 saturated heterocycles. The van der Waals surface area contributed by atoms with Gasteiger partial charge in [-0.15, -0.1) is 11.3 Å². The van der Waals surface area contributed by atoms with E-state index in [-0.39, 0.29) is 12.3 Å². The van der Waals surface area contributed by atoms with Gasteiger partial charge in [0.05, 0.1) is 10.4 Å². The van der Waals surface area contributed by atoms with Crippen LogP contribution >= 0.6 is 11.3 Å². The SMILES string of the molecule is O=C(O)c1ncsc1C=CCCO. The van der Waals surface area contributed by atoms with E-state index >= 15 is 0 Å². The summed E-state index contributed by atoms with van der Waals surface area (Å²) in [6.07, 6.45) is 3.91. The molecule has 0 radical (unpaired) electrons. The number of hydrogen-bond donors (Lipinski definition) is 2. The number of aliphatic hydroxyl groups excluding tert-OH is 1. The second-order valence-corrected chi connectivity index (χ2v) is 3.17. The van der Waals surface area contributed by atoms with Gasteiger partial charge in [0.25, 0.3) is 0 Å². The lowest BCUT2D eigenvalue weighted by Crippen LogP contribution is -1.97. The average Bonchev–Trinajstić information content (AvgIpc) is 2.53. The van der Waals surface area contributed by atoms with Crippen molar-refractivity contribution in [1.82, 2.24) is 4.98 Å². The van der Waals surface area contributed by atoms with E-state index in [1.165, 1.54) is 16.8 Å². The van der Waals surface area contributed by atoms with Crippen molar-refractivity contribution >= 4 is 23.4 Å². The predicted molar refractivity (Wildman–Crippen MR) is 49.8 cm³/mol. The number of rotatable bonds is 4. The smallest absolute Gasteiger partial charge is 0.356 e. The average molecular weight is 199 g/mol. The van der Waals surface area contributed by atoms with Gasteiger partial charge in [-0.3, -0.25) is 0 Å². The minimum Gasteiger partial charge on any atom is -0.476 e. The zero-order valence-corrected chi connectivity index (χ0v) is 7.62. The fourth-order valence-corrected chi connectivity index (χ4v) is 1.50. The summed E-state index contributed by atoms with van der Waals surface area (Å²) >= 11 is 1.27. The van der Waals surface area contributed by atoms with E-state index in [4.69, 9.17) is 10.2 Å². The molecular formula is C8H9NO3S. The Balaban J connectivity index is 2.76. The Labute approximate surface area is 79.2 Å². The quantitative estimate of drug-likeness (QED) is 0.765. The summed E-state index contributed by atoms with van der Waals surface area (Å²) in [5.74, 6) is -1.02. The van der Waals surface area contributed by atoms with Crippen molar-refractivity contribution in [2.75, 3.05) is 6.61 Å². The Morgan fingerprint density at radius 1 is 1.69 bits per heavy atom. The highest BCUT2D eigenvalue weighted by Gasteiger charge is 2.10. The monoisotopic (exact) mass is 199 g/mol. The van der Waals surface area contributed by atoms with Crippen LogP contribution in [0, 0.1) is 0 Å². The topological polar surface area (TPSA) is 70.4 Å². The molecule has 0 fully saturated rings. The maximum Gasteiger partial charge on any atom is 0.356 e. The fourth-order valence-electron chi connectivity index (χ4n) is 0.799. The molecule has 1 aromatic rings. The van der Waals surface area contributed by atoms with Crippen molar-refractivity contribution in [3.63, 3.8) is 0 Å². The van der Waals surface area contributed by atoms with Crippen LogP contribution in [0.5, 0.6) is 0 Å². The van der Waals surface area contributed by atoms with Gasteiger partial charge in [0.15, 0.2) is 5.69 Å². The minimum atomic E-state index is -1.02. The van der Waals surface area contributed by atoms with Crippen LogP contribution in [0.2, 0.25) is 0 Å². The first-order valence-corrected chi connectivity index (χ1v) is 4.58. The molecule has 0 unspecified atom stereocenters. The zero-order chi connectivity index (χ0) is 9.68. The molecular weight excluding hydrogens is 190 g/mol. The van der Waals surface area contributed by atoms with E-state index in [1.807, 2.05) is 0 Å². The largest absolute Gasteiger partial charge is 0.476 e. The van der Waals surface area contributed by atoms with Crippen LogP contribution in [0.15, 0.2) is 11.6 Å². The van der Waals surface area contributed by atoms with E-state index in [0.717, 1.165) is 0 Å². The Hall–Kier alpha value is -1.20. The van der Waals surface area contributed by atoms with Gasteiger partial charge in [-0.05, 0) is 12.5 Å². The number of aliphatic hydroxyl groups is 1. The molecule has 0 saturated carbocycles. The Morgan fingerprint density at radius 2 is 2.46 bits per heavy atom. The summed E-state index contributed by atoms with van der Waals surface area (Å²) in [6, 6.07) is 0. The maximum atomic E-state index is 10.6. The minimum absolute atomic E-state index is 0.0672. The van der Waals surface area contributed by atoms with Crippen molar-refractivity contribution in [1.29, 1.82) is 0 Å². The Bertz CT molecular complexity index is 319. The molecule has 1 heterocycles. The molecule has 0 spiro atoms. The third-order valence-corrected chi connectivity index (χ3v) is 2.16. The fraction of sp³-hybridized carbons (Fsp3) is 0.250. The van der Waals surface area contributed by atoms with E-state index in [2.05, 4.69) is 4.98 Å². The number of nitrogens with zero attached hydrogens (tertiary/aromatic N) is 1. The molecule has 5 heteroatoms. The van der Waals surface area contributed by atoms with Crippen molar-refractivity contribution in [2.45, 2.75) is 6.42 Å². The summed E-state index contributed by atoms with van der Waals surface area (Å²) in [6.45, 7) is 0.0672. The lowest BCUT2D eigenvalue weighted by molar-refractivity contribution is 0.0691. The first-order valence-electron chi connectivity index (χ1n) is 3.70. The highest BCUT2D eigenvalue weighted by Crippen LogP contribution is 2.15. The third kappa shape index (κ3) is 2.64. The summed E-state index contributed by atoms with van der Waals surface area (Å²) in [4.78, 5) is 14.9. The Kier molecular flexibility index (Phi) is 3.60. The second kappa shape index (κ2) is 4.74. The molecule has 13 heavy (non-hydrogen) atoms. The lowest BCUT2D eigenvalue weighted by atomic mass is 10.3. The number of carbonyl (C=O) groups is 1. The van der Waals surface area contributed by atoms with Gasteiger partial charge in [-0.2, -0.15) is 0 Å². The van der Waals surface area contributed by atoms with Crippen LogP contribution < -0.4 is 0 Å². The molecule has 0 bridgehead atoms. The molecule has 1 rings (SSSR count). The van der Waals surface area contributed by atoms with E-state index < -0.39 is 5.97 Å². The van der Waals surface area contributed by atoms with Crippen LogP contribution in [-0.2, 0) is 0 Å². The third-order valence-electron chi connectivity index (χ3n) is 1.36. The van der Waals surface area contributed by atoms with Crippen LogP contribution in [-0.4, -0.2) is 27.8 Å². The van der Waals surface area contributed by atoms with Crippen molar-refractivity contribution in [2.24, 2.45) is 0 Å². The molecule has 0 aromatic carbocycles. The summed E-state index contributed by atoms with van der Waals surface area (Å²) in [7, 11) is 0. The number of hydrogen-bond acceptors (Lipinski definition) is 4. The summed E-state index contributed by atoms with van der Waals surface area (Å²) < 4.78 is 0.